The zero-order valence-corrected chi connectivity index (χ0v) is 11.4. The van der Waals surface area contributed by atoms with Gasteiger partial charge in [-0.1, -0.05) is 30.3 Å². The zero-order valence-electron chi connectivity index (χ0n) is 11.4. The van der Waals surface area contributed by atoms with Crippen LogP contribution in [0.1, 0.15) is 22.3 Å². The summed E-state index contributed by atoms with van der Waals surface area (Å²) >= 11 is 0. The van der Waals surface area contributed by atoms with Crippen molar-refractivity contribution in [1.82, 2.24) is 9.88 Å². The molecule has 104 valence electrons. The van der Waals surface area contributed by atoms with Gasteiger partial charge in [0.15, 0.2) is 0 Å². The van der Waals surface area contributed by atoms with Crippen molar-refractivity contribution in [2.75, 3.05) is 13.1 Å². The molecule has 0 aliphatic rings. The molecule has 0 aliphatic heterocycles. The number of amides is 1. The van der Waals surface area contributed by atoms with Crippen molar-refractivity contribution in [2.45, 2.75) is 13.0 Å². The summed E-state index contributed by atoms with van der Waals surface area (Å²) in [7, 11) is 0. The van der Waals surface area contributed by atoms with Gasteiger partial charge in [-0.05, 0) is 30.7 Å². The van der Waals surface area contributed by atoms with E-state index in [-0.39, 0.29) is 5.91 Å². The summed E-state index contributed by atoms with van der Waals surface area (Å²) in [6.45, 7) is 1.84. The molecule has 0 fully saturated rings. The molecule has 1 amide bonds. The van der Waals surface area contributed by atoms with Gasteiger partial charge in [-0.15, -0.1) is 0 Å². The van der Waals surface area contributed by atoms with Crippen molar-refractivity contribution < 1.29 is 4.79 Å². The molecule has 4 nitrogen and oxygen atoms in total. The first-order valence-corrected chi connectivity index (χ1v) is 6.74. The van der Waals surface area contributed by atoms with Gasteiger partial charge in [0, 0.05) is 31.0 Å². The van der Waals surface area contributed by atoms with Crippen molar-refractivity contribution in [1.29, 1.82) is 0 Å². The minimum absolute atomic E-state index is 0.0182. The summed E-state index contributed by atoms with van der Waals surface area (Å²) in [4.78, 5) is 18.3. The van der Waals surface area contributed by atoms with E-state index in [1.165, 1.54) is 0 Å². The monoisotopic (exact) mass is 269 g/mol. The number of nitrogens with two attached hydrogens (primary N) is 1. The molecular weight excluding hydrogens is 250 g/mol. The van der Waals surface area contributed by atoms with Crippen LogP contribution in [0, 0.1) is 0 Å². The molecular formula is C16H19N3O. The van der Waals surface area contributed by atoms with Gasteiger partial charge in [0.05, 0.1) is 0 Å². The number of hydrogen-bond acceptors (Lipinski definition) is 3. The van der Waals surface area contributed by atoms with Crippen LogP contribution in [0.25, 0.3) is 0 Å². The van der Waals surface area contributed by atoms with Crippen LogP contribution in [-0.2, 0) is 6.54 Å². The smallest absolute Gasteiger partial charge is 0.254 e. The standard InChI is InChI=1S/C16H19N3O/c17-9-4-12-19(13-14-5-2-1-3-6-14)16(20)15-7-10-18-11-8-15/h1-3,5-8,10-11H,4,9,12-13,17H2. The minimum atomic E-state index is 0.0182. The van der Waals surface area contributed by atoms with E-state index in [4.69, 9.17) is 5.73 Å². The molecule has 0 saturated carbocycles. The van der Waals surface area contributed by atoms with Crippen molar-refractivity contribution in [3.05, 3.63) is 66.0 Å². The molecule has 0 radical (unpaired) electrons. The van der Waals surface area contributed by atoms with Crippen molar-refractivity contribution in [3.8, 4) is 0 Å². The first kappa shape index (κ1) is 14.2. The number of rotatable bonds is 6. The maximum absolute atomic E-state index is 12.5. The van der Waals surface area contributed by atoms with Crippen LogP contribution < -0.4 is 5.73 Å². The molecule has 2 rings (SSSR count). The van der Waals surface area contributed by atoms with E-state index in [2.05, 4.69) is 4.98 Å². The third-order valence-electron chi connectivity index (χ3n) is 3.06. The lowest BCUT2D eigenvalue weighted by Gasteiger charge is -2.22. The van der Waals surface area contributed by atoms with Crippen LogP contribution in [-0.4, -0.2) is 28.9 Å². The van der Waals surface area contributed by atoms with Crippen LogP contribution >= 0.6 is 0 Å². The summed E-state index contributed by atoms with van der Waals surface area (Å²) in [5, 5.41) is 0. The number of nitrogens with zero attached hydrogens (tertiary/aromatic N) is 2. The second kappa shape index (κ2) is 7.40. The Kier molecular flexibility index (Phi) is 5.26. The third-order valence-corrected chi connectivity index (χ3v) is 3.06. The van der Waals surface area contributed by atoms with Crippen LogP contribution in [0.15, 0.2) is 54.9 Å². The molecule has 0 unspecified atom stereocenters. The summed E-state index contributed by atoms with van der Waals surface area (Å²) in [5.74, 6) is 0.0182. The summed E-state index contributed by atoms with van der Waals surface area (Å²) < 4.78 is 0. The van der Waals surface area contributed by atoms with Crippen molar-refractivity contribution in [2.24, 2.45) is 5.73 Å². The van der Waals surface area contributed by atoms with E-state index in [0.717, 1.165) is 12.0 Å². The Morgan fingerprint density at radius 3 is 2.45 bits per heavy atom. The molecule has 1 aromatic heterocycles. The highest BCUT2D eigenvalue weighted by molar-refractivity contribution is 5.94. The summed E-state index contributed by atoms with van der Waals surface area (Å²) in [6, 6.07) is 13.5. The van der Waals surface area contributed by atoms with E-state index < -0.39 is 0 Å². The van der Waals surface area contributed by atoms with Crippen molar-refractivity contribution in [3.63, 3.8) is 0 Å². The number of pyridine rings is 1. The molecule has 1 heterocycles. The predicted octanol–water partition coefficient (Wildman–Crippen LogP) is 2.07. The predicted molar refractivity (Wildman–Crippen MR) is 79.1 cm³/mol. The molecule has 20 heavy (non-hydrogen) atoms. The fraction of sp³-hybridized carbons (Fsp3) is 0.250. The Bertz CT molecular complexity index is 528. The molecule has 2 aromatic rings. The minimum Gasteiger partial charge on any atom is -0.334 e. The SMILES string of the molecule is NCCCN(Cc1ccccc1)C(=O)c1ccncc1. The first-order chi connectivity index (χ1) is 9.81. The van der Waals surface area contributed by atoms with Gasteiger partial charge in [-0.2, -0.15) is 0 Å². The van der Waals surface area contributed by atoms with E-state index in [9.17, 15) is 4.79 Å². The van der Waals surface area contributed by atoms with Crippen LogP contribution in [0.4, 0.5) is 0 Å². The van der Waals surface area contributed by atoms with Gasteiger partial charge >= 0.3 is 0 Å². The second-order valence-electron chi connectivity index (χ2n) is 4.59. The molecule has 2 N–H and O–H groups in total. The largest absolute Gasteiger partial charge is 0.334 e. The van der Waals surface area contributed by atoms with Gasteiger partial charge in [-0.3, -0.25) is 9.78 Å². The Hall–Kier alpha value is -2.20. The average Bonchev–Trinajstić information content (AvgIpc) is 2.52. The Labute approximate surface area is 119 Å². The van der Waals surface area contributed by atoms with E-state index in [1.54, 1.807) is 24.5 Å². The fourth-order valence-electron chi connectivity index (χ4n) is 2.02. The molecule has 4 heteroatoms. The number of benzene rings is 1. The maximum Gasteiger partial charge on any atom is 0.254 e. The first-order valence-electron chi connectivity index (χ1n) is 6.74. The topological polar surface area (TPSA) is 59.2 Å². The van der Waals surface area contributed by atoms with E-state index in [1.807, 2.05) is 35.2 Å². The summed E-state index contributed by atoms with van der Waals surface area (Å²) in [6.07, 6.45) is 4.07. The molecule has 0 aliphatic carbocycles. The molecule has 0 saturated heterocycles. The van der Waals surface area contributed by atoms with E-state index >= 15 is 0 Å². The fourth-order valence-corrected chi connectivity index (χ4v) is 2.02. The molecule has 0 spiro atoms. The number of hydrogen-bond donors (Lipinski definition) is 1. The number of carbonyl (C=O) groups excluding carboxylic acids is 1. The maximum atomic E-state index is 12.5. The number of aromatic nitrogens is 1. The lowest BCUT2D eigenvalue weighted by atomic mass is 10.1. The average molecular weight is 269 g/mol. The normalized spacial score (nSPS) is 10.2. The van der Waals surface area contributed by atoms with Crippen LogP contribution in [0.5, 0.6) is 0 Å². The molecule has 0 bridgehead atoms. The molecule has 1 aromatic carbocycles. The highest BCUT2D eigenvalue weighted by Crippen LogP contribution is 2.10. The van der Waals surface area contributed by atoms with Gasteiger partial charge in [0.25, 0.3) is 5.91 Å². The van der Waals surface area contributed by atoms with Gasteiger partial charge in [0.2, 0.25) is 0 Å². The highest BCUT2D eigenvalue weighted by atomic mass is 16.2. The van der Waals surface area contributed by atoms with Crippen LogP contribution in [0.2, 0.25) is 0 Å². The van der Waals surface area contributed by atoms with Crippen molar-refractivity contribution >= 4 is 5.91 Å². The van der Waals surface area contributed by atoms with Gasteiger partial charge in [-0.25, -0.2) is 0 Å². The Morgan fingerprint density at radius 1 is 1.10 bits per heavy atom. The Balaban J connectivity index is 2.13. The van der Waals surface area contributed by atoms with Gasteiger partial charge in [0.1, 0.15) is 0 Å². The van der Waals surface area contributed by atoms with Gasteiger partial charge < -0.3 is 10.6 Å². The highest BCUT2D eigenvalue weighted by Gasteiger charge is 2.15. The Morgan fingerprint density at radius 2 is 1.80 bits per heavy atom. The zero-order chi connectivity index (χ0) is 14.2. The van der Waals surface area contributed by atoms with E-state index in [0.29, 0.717) is 25.2 Å². The lowest BCUT2D eigenvalue weighted by Crippen LogP contribution is -2.32. The summed E-state index contributed by atoms with van der Waals surface area (Å²) in [5.41, 5.74) is 7.34. The lowest BCUT2D eigenvalue weighted by molar-refractivity contribution is 0.0742. The number of carbonyl (C=O) groups is 1. The third kappa shape index (κ3) is 3.90. The second-order valence-corrected chi connectivity index (χ2v) is 4.59. The van der Waals surface area contributed by atoms with Crippen LogP contribution in [0.3, 0.4) is 0 Å². The molecule has 0 atom stereocenters. The quantitative estimate of drug-likeness (QED) is 0.873.